The van der Waals surface area contributed by atoms with Crippen LogP contribution in [0, 0.1) is 5.41 Å². The van der Waals surface area contributed by atoms with Gasteiger partial charge in [0.05, 0.1) is 6.54 Å². The molecule has 1 saturated heterocycles. The Morgan fingerprint density at radius 3 is 2.10 bits per heavy atom. The van der Waals surface area contributed by atoms with E-state index in [1.54, 1.807) is 0 Å². The molecule has 0 unspecified atom stereocenters. The Morgan fingerprint density at radius 2 is 1.50 bits per heavy atom. The van der Waals surface area contributed by atoms with Gasteiger partial charge in [-0.25, -0.2) is 0 Å². The number of nitrogens with zero attached hydrogens (tertiary/aromatic N) is 1. The molecule has 0 atom stereocenters. The smallest absolute Gasteiger partial charge is 0.230 e. The molecule has 2 aliphatic rings. The number of carbonyl (C=O) groups is 2. The number of imide groups is 1. The summed E-state index contributed by atoms with van der Waals surface area (Å²) in [7, 11) is 0. The monoisotopic (exact) mass is 271 g/mol. The van der Waals surface area contributed by atoms with Crippen LogP contribution in [0.15, 0.2) is 30.3 Å². The van der Waals surface area contributed by atoms with Gasteiger partial charge in [-0.3, -0.25) is 14.5 Å². The van der Waals surface area contributed by atoms with Gasteiger partial charge in [0.15, 0.2) is 0 Å². The first-order valence-electron chi connectivity index (χ1n) is 7.56. The molecular formula is C17H21NO2. The van der Waals surface area contributed by atoms with E-state index in [2.05, 4.69) is 0 Å². The number of hydrogen-bond donors (Lipinski definition) is 0. The molecule has 1 aromatic carbocycles. The molecule has 3 rings (SSSR count). The van der Waals surface area contributed by atoms with E-state index in [1.165, 1.54) is 24.2 Å². The van der Waals surface area contributed by atoms with E-state index in [0.717, 1.165) is 18.4 Å². The zero-order chi connectivity index (χ0) is 14.0. The van der Waals surface area contributed by atoms with Crippen molar-refractivity contribution in [2.24, 2.45) is 5.41 Å². The summed E-state index contributed by atoms with van der Waals surface area (Å²) in [6, 6.07) is 9.76. The molecule has 3 nitrogen and oxygen atoms in total. The first-order chi connectivity index (χ1) is 9.69. The van der Waals surface area contributed by atoms with Crippen molar-refractivity contribution in [1.29, 1.82) is 0 Å². The molecule has 0 aromatic heterocycles. The zero-order valence-corrected chi connectivity index (χ0v) is 11.8. The van der Waals surface area contributed by atoms with Crippen molar-refractivity contribution in [3.05, 3.63) is 35.9 Å². The van der Waals surface area contributed by atoms with Gasteiger partial charge < -0.3 is 0 Å². The maximum absolute atomic E-state index is 12.4. The van der Waals surface area contributed by atoms with Gasteiger partial charge in [0, 0.05) is 12.8 Å². The Labute approximate surface area is 120 Å². The van der Waals surface area contributed by atoms with Crippen LogP contribution < -0.4 is 0 Å². The molecule has 1 aliphatic carbocycles. The van der Waals surface area contributed by atoms with E-state index in [1.807, 2.05) is 30.3 Å². The average Bonchev–Trinajstić information content (AvgIpc) is 2.45. The van der Waals surface area contributed by atoms with Crippen LogP contribution in [0.25, 0.3) is 0 Å². The fourth-order valence-electron chi connectivity index (χ4n) is 3.63. The molecule has 3 heteroatoms. The summed E-state index contributed by atoms with van der Waals surface area (Å²) < 4.78 is 0. The third-order valence-electron chi connectivity index (χ3n) is 4.75. The fourth-order valence-corrected chi connectivity index (χ4v) is 3.63. The number of likely N-dealkylation sites (tertiary alicyclic amines) is 1. The maximum atomic E-state index is 12.4. The second-order valence-electron chi connectivity index (χ2n) is 6.27. The molecule has 0 N–H and O–H groups in total. The lowest BCUT2D eigenvalue weighted by Crippen LogP contribution is -2.48. The molecule has 2 amide bonds. The van der Waals surface area contributed by atoms with E-state index in [9.17, 15) is 9.59 Å². The Morgan fingerprint density at radius 1 is 0.900 bits per heavy atom. The second-order valence-corrected chi connectivity index (χ2v) is 6.27. The molecule has 2 fully saturated rings. The minimum Gasteiger partial charge on any atom is -0.278 e. The molecule has 0 radical (unpaired) electrons. The molecule has 1 heterocycles. The first-order valence-corrected chi connectivity index (χ1v) is 7.56. The summed E-state index contributed by atoms with van der Waals surface area (Å²) in [5.74, 6) is 0.0407. The molecule has 20 heavy (non-hydrogen) atoms. The van der Waals surface area contributed by atoms with Gasteiger partial charge in [0.2, 0.25) is 11.8 Å². The van der Waals surface area contributed by atoms with Crippen LogP contribution in [0.2, 0.25) is 0 Å². The van der Waals surface area contributed by atoms with Gasteiger partial charge in [0.1, 0.15) is 0 Å². The first kappa shape index (κ1) is 13.3. The molecule has 0 bridgehead atoms. The van der Waals surface area contributed by atoms with Crippen LogP contribution in [-0.4, -0.2) is 16.7 Å². The van der Waals surface area contributed by atoms with Crippen molar-refractivity contribution < 1.29 is 9.59 Å². The lowest BCUT2D eigenvalue weighted by molar-refractivity contribution is -0.155. The topological polar surface area (TPSA) is 37.4 Å². The predicted octanol–water partition coefficient (Wildman–Crippen LogP) is 3.29. The van der Waals surface area contributed by atoms with Crippen molar-refractivity contribution >= 4 is 11.8 Å². The summed E-state index contributed by atoms with van der Waals surface area (Å²) in [6.07, 6.45) is 6.79. The summed E-state index contributed by atoms with van der Waals surface area (Å²) in [6.45, 7) is 0.425. The molecule has 1 saturated carbocycles. The van der Waals surface area contributed by atoms with E-state index in [0.29, 0.717) is 19.4 Å². The van der Waals surface area contributed by atoms with Crippen LogP contribution in [-0.2, 0) is 16.1 Å². The quantitative estimate of drug-likeness (QED) is 0.774. The molecule has 106 valence electrons. The number of rotatable bonds is 2. The van der Waals surface area contributed by atoms with Gasteiger partial charge in [-0.1, -0.05) is 49.6 Å². The highest BCUT2D eigenvalue weighted by Gasteiger charge is 2.43. The third-order valence-corrected chi connectivity index (χ3v) is 4.75. The Hall–Kier alpha value is -1.64. The number of piperidine rings is 1. The van der Waals surface area contributed by atoms with E-state index >= 15 is 0 Å². The highest BCUT2D eigenvalue weighted by molar-refractivity contribution is 5.98. The molecule has 1 aliphatic heterocycles. The Bertz CT molecular complexity index is 483. The summed E-state index contributed by atoms with van der Waals surface area (Å²) in [4.78, 5) is 26.2. The summed E-state index contributed by atoms with van der Waals surface area (Å²) >= 11 is 0. The van der Waals surface area contributed by atoms with E-state index in [-0.39, 0.29) is 17.2 Å². The van der Waals surface area contributed by atoms with E-state index in [4.69, 9.17) is 0 Å². The van der Waals surface area contributed by atoms with Crippen LogP contribution in [0.4, 0.5) is 0 Å². The van der Waals surface area contributed by atoms with Crippen molar-refractivity contribution in [3.63, 3.8) is 0 Å². The van der Waals surface area contributed by atoms with Crippen molar-refractivity contribution in [2.75, 3.05) is 0 Å². The maximum Gasteiger partial charge on any atom is 0.230 e. The van der Waals surface area contributed by atoms with Gasteiger partial charge >= 0.3 is 0 Å². The summed E-state index contributed by atoms with van der Waals surface area (Å²) in [5, 5.41) is 0. The minimum absolute atomic E-state index is 0.0143. The normalized spacial score (nSPS) is 22.3. The molecular weight excluding hydrogens is 250 g/mol. The van der Waals surface area contributed by atoms with Gasteiger partial charge in [0.25, 0.3) is 0 Å². The lowest BCUT2D eigenvalue weighted by Gasteiger charge is -2.42. The molecule has 1 spiro atoms. The van der Waals surface area contributed by atoms with Crippen LogP contribution in [0.1, 0.15) is 50.5 Å². The van der Waals surface area contributed by atoms with Gasteiger partial charge in [-0.05, 0) is 23.8 Å². The number of hydrogen-bond acceptors (Lipinski definition) is 2. The van der Waals surface area contributed by atoms with Gasteiger partial charge in [-0.2, -0.15) is 0 Å². The average molecular weight is 271 g/mol. The summed E-state index contributed by atoms with van der Waals surface area (Å²) in [5.41, 5.74) is 1.01. The van der Waals surface area contributed by atoms with Crippen LogP contribution in [0.3, 0.4) is 0 Å². The van der Waals surface area contributed by atoms with E-state index < -0.39 is 0 Å². The van der Waals surface area contributed by atoms with Crippen LogP contribution in [0.5, 0.6) is 0 Å². The lowest BCUT2D eigenvalue weighted by atomic mass is 9.67. The number of amides is 2. The fraction of sp³-hybridized carbons (Fsp3) is 0.529. The molecule has 1 aromatic rings. The second kappa shape index (κ2) is 5.39. The Balaban J connectivity index is 1.72. The number of carbonyl (C=O) groups excluding carboxylic acids is 2. The highest BCUT2D eigenvalue weighted by atomic mass is 16.2. The predicted molar refractivity (Wildman–Crippen MR) is 76.8 cm³/mol. The van der Waals surface area contributed by atoms with Crippen molar-refractivity contribution in [3.8, 4) is 0 Å². The largest absolute Gasteiger partial charge is 0.278 e. The van der Waals surface area contributed by atoms with Gasteiger partial charge in [-0.15, -0.1) is 0 Å². The SMILES string of the molecule is O=C1CC2(CCCCC2)CC(=O)N1Cc1ccccc1. The third kappa shape index (κ3) is 2.62. The minimum atomic E-state index is -0.0143. The van der Waals surface area contributed by atoms with Crippen molar-refractivity contribution in [1.82, 2.24) is 4.90 Å². The standard InChI is InChI=1S/C17H21NO2/c19-15-11-17(9-5-2-6-10-17)12-16(20)18(15)13-14-7-3-1-4-8-14/h1,3-4,7-8H,2,5-6,9-13H2. The van der Waals surface area contributed by atoms with Crippen LogP contribution >= 0.6 is 0 Å². The van der Waals surface area contributed by atoms with Crippen molar-refractivity contribution in [2.45, 2.75) is 51.5 Å². The number of benzene rings is 1. The zero-order valence-electron chi connectivity index (χ0n) is 11.8. The highest BCUT2D eigenvalue weighted by Crippen LogP contribution is 2.45. The Kier molecular flexibility index (Phi) is 3.60.